The lowest BCUT2D eigenvalue weighted by Crippen LogP contribution is -2.70. The number of rotatable bonds is 3. The molecular formula is C39H44N4O10S. The van der Waals surface area contributed by atoms with E-state index in [1.54, 1.807) is 19.2 Å². The van der Waals surface area contributed by atoms with E-state index >= 15 is 0 Å². The Morgan fingerprint density at radius 3 is 2.56 bits per heavy atom. The lowest BCUT2D eigenvalue weighted by molar-refractivity contribution is -0.173. The molecule has 2 unspecified atom stereocenters. The maximum atomic E-state index is 14.8. The number of phenols is 2. The third-order valence-corrected chi connectivity index (χ3v) is 13.9. The maximum absolute atomic E-state index is 14.8. The first-order valence-electron chi connectivity index (χ1n) is 18.2. The summed E-state index contributed by atoms with van der Waals surface area (Å²) in [5.74, 6) is 1.45. The number of fused-ring (bicyclic) bond motifs is 9. The zero-order chi connectivity index (χ0) is 38.0. The van der Waals surface area contributed by atoms with Gasteiger partial charge in [0.1, 0.15) is 17.5 Å². The third kappa shape index (κ3) is 4.74. The van der Waals surface area contributed by atoms with Gasteiger partial charge in [0, 0.05) is 54.1 Å². The highest BCUT2D eigenvalue weighted by atomic mass is 32.2. The Kier molecular flexibility index (Phi) is 8.21. The lowest BCUT2D eigenvalue weighted by atomic mass is 9.72. The van der Waals surface area contributed by atoms with Crippen LogP contribution in [0.15, 0.2) is 18.2 Å². The number of nitrogens with one attached hydrogen (secondary N) is 2. The number of aromatic hydroxyl groups is 2. The van der Waals surface area contributed by atoms with E-state index in [4.69, 9.17) is 23.7 Å². The minimum atomic E-state index is -1.25. The highest BCUT2D eigenvalue weighted by Crippen LogP contribution is 2.64. The quantitative estimate of drug-likeness (QED) is 0.195. The van der Waals surface area contributed by atoms with Crippen molar-refractivity contribution in [1.29, 1.82) is 0 Å². The molecule has 5 N–H and O–H groups in total. The van der Waals surface area contributed by atoms with Crippen LogP contribution < -0.4 is 34.3 Å². The summed E-state index contributed by atoms with van der Waals surface area (Å²) in [6.07, 6.45) is 0.0600. The van der Waals surface area contributed by atoms with Crippen LogP contribution in [0.3, 0.4) is 0 Å². The molecule has 2 saturated heterocycles. The second-order valence-electron chi connectivity index (χ2n) is 15.0. The molecule has 10 rings (SSSR count). The number of piperazine rings is 1. The van der Waals surface area contributed by atoms with Gasteiger partial charge in [-0.1, -0.05) is 6.07 Å². The number of nitrogens with zero attached hydrogens (tertiary/aromatic N) is 2. The zero-order valence-corrected chi connectivity index (χ0v) is 31.8. The first-order chi connectivity index (χ1) is 25.9. The molecule has 7 aliphatic heterocycles. The van der Waals surface area contributed by atoms with Crippen molar-refractivity contribution >= 4 is 23.6 Å². The van der Waals surface area contributed by atoms with Crippen molar-refractivity contribution in [3.05, 3.63) is 62.7 Å². The molecular weight excluding hydrogens is 717 g/mol. The Morgan fingerprint density at radius 1 is 1.04 bits per heavy atom. The van der Waals surface area contributed by atoms with Crippen LogP contribution in [0.1, 0.15) is 68.8 Å². The van der Waals surface area contributed by atoms with E-state index in [1.807, 2.05) is 27.0 Å². The first kappa shape index (κ1) is 35.3. The summed E-state index contributed by atoms with van der Waals surface area (Å²) in [5, 5.41) is 41.6. The van der Waals surface area contributed by atoms with Crippen molar-refractivity contribution < 1.29 is 48.6 Å². The summed E-state index contributed by atoms with van der Waals surface area (Å²) in [4.78, 5) is 31.9. The number of benzene rings is 3. The second-order valence-corrected chi connectivity index (χ2v) is 16.2. The Hall–Kier alpha value is -4.41. The van der Waals surface area contributed by atoms with Gasteiger partial charge in [0.2, 0.25) is 12.7 Å². The molecule has 15 heteroatoms. The highest BCUT2D eigenvalue weighted by molar-refractivity contribution is 7.99. The fourth-order valence-corrected chi connectivity index (χ4v) is 11.8. The number of aliphatic hydroxyl groups is 1. The largest absolute Gasteiger partial charge is 0.504 e. The number of likely N-dealkylation sites (N-methyl/N-ethyl adjacent to an activating group) is 1. The van der Waals surface area contributed by atoms with Crippen LogP contribution in [-0.2, 0) is 28.0 Å². The van der Waals surface area contributed by atoms with Gasteiger partial charge >= 0.3 is 5.97 Å². The Morgan fingerprint density at radius 2 is 1.81 bits per heavy atom. The van der Waals surface area contributed by atoms with Crippen LogP contribution in [0.25, 0.3) is 0 Å². The molecule has 0 radical (unpaired) electrons. The fourth-order valence-electron chi connectivity index (χ4n) is 10.1. The maximum Gasteiger partial charge on any atom is 0.308 e. The molecule has 14 nitrogen and oxygen atoms in total. The predicted octanol–water partition coefficient (Wildman–Crippen LogP) is 2.99. The molecule has 3 aromatic carbocycles. The molecule has 3 aromatic rings. The van der Waals surface area contributed by atoms with Crippen molar-refractivity contribution in [3.8, 4) is 40.2 Å². The van der Waals surface area contributed by atoms with Crippen molar-refractivity contribution in [2.24, 2.45) is 0 Å². The average molecular weight is 761 g/mol. The zero-order valence-electron chi connectivity index (χ0n) is 30.9. The summed E-state index contributed by atoms with van der Waals surface area (Å²) >= 11 is 1.51. The first-order valence-corrected chi connectivity index (χ1v) is 19.2. The molecule has 7 atom stereocenters. The van der Waals surface area contributed by atoms with Gasteiger partial charge in [-0.05, 0) is 68.1 Å². The van der Waals surface area contributed by atoms with E-state index in [-0.39, 0.29) is 48.3 Å². The molecule has 4 bridgehead atoms. The highest BCUT2D eigenvalue weighted by Gasteiger charge is 2.61. The van der Waals surface area contributed by atoms with Gasteiger partial charge in [-0.3, -0.25) is 24.7 Å². The van der Waals surface area contributed by atoms with Gasteiger partial charge in [-0.25, -0.2) is 0 Å². The normalized spacial score (nSPS) is 29.4. The summed E-state index contributed by atoms with van der Waals surface area (Å²) in [6, 6.07) is 3.42. The van der Waals surface area contributed by atoms with Crippen molar-refractivity contribution in [3.63, 3.8) is 0 Å². The van der Waals surface area contributed by atoms with Gasteiger partial charge in [0.15, 0.2) is 34.5 Å². The van der Waals surface area contributed by atoms with Gasteiger partial charge in [-0.2, -0.15) is 0 Å². The Bertz CT molecular complexity index is 2130. The molecule has 1 amide bonds. The minimum absolute atomic E-state index is 0.00218. The van der Waals surface area contributed by atoms with E-state index in [1.165, 1.54) is 25.8 Å². The van der Waals surface area contributed by atoms with E-state index in [9.17, 15) is 24.9 Å². The number of methoxy groups -OCH3 is 2. The van der Waals surface area contributed by atoms with Crippen LogP contribution in [0, 0.1) is 13.8 Å². The Labute approximate surface area is 316 Å². The van der Waals surface area contributed by atoms with Gasteiger partial charge in [0.05, 0.1) is 37.6 Å². The average Bonchev–Trinajstić information content (AvgIpc) is 3.63. The van der Waals surface area contributed by atoms with Crippen molar-refractivity contribution in [1.82, 2.24) is 20.4 Å². The second kappa shape index (κ2) is 12.6. The number of carbonyl (C=O) groups excluding carboxylic acids is 2. The number of hydrogen-bond donors (Lipinski definition) is 5. The number of hydrogen-bond acceptors (Lipinski definition) is 14. The number of aryl methyl sites for hydroxylation is 1. The number of phenolic OH excluding ortho intramolecular Hbond substituents is 2. The molecule has 0 aromatic heterocycles. The smallest absolute Gasteiger partial charge is 0.308 e. The number of amides is 1. The van der Waals surface area contributed by atoms with Crippen LogP contribution >= 0.6 is 11.8 Å². The number of thioether (sulfide) groups is 1. The lowest BCUT2D eigenvalue weighted by Gasteiger charge is -2.62. The Balaban J connectivity index is 1.32. The van der Waals surface area contributed by atoms with E-state index < -0.39 is 41.1 Å². The van der Waals surface area contributed by atoms with Crippen molar-refractivity contribution in [2.45, 2.75) is 74.8 Å². The van der Waals surface area contributed by atoms with E-state index in [0.717, 1.165) is 27.8 Å². The topological polar surface area (TPSA) is 172 Å². The molecule has 0 saturated carbocycles. The van der Waals surface area contributed by atoms with Gasteiger partial charge in [-0.15, -0.1) is 11.8 Å². The van der Waals surface area contributed by atoms with E-state index in [2.05, 4.69) is 20.4 Å². The van der Waals surface area contributed by atoms with Crippen LogP contribution in [-0.4, -0.2) is 102 Å². The van der Waals surface area contributed by atoms with Crippen LogP contribution in [0.2, 0.25) is 0 Å². The molecule has 286 valence electrons. The van der Waals surface area contributed by atoms with Crippen LogP contribution in [0.5, 0.6) is 40.2 Å². The molecule has 7 heterocycles. The predicted molar refractivity (Wildman–Crippen MR) is 197 cm³/mol. The van der Waals surface area contributed by atoms with E-state index in [0.29, 0.717) is 59.1 Å². The van der Waals surface area contributed by atoms with Crippen molar-refractivity contribution in [2.75, 3.05) is 46.9 Å². The van der Waals surface area contributed by atoms with Gasteiger partial charge < -0.3 is 44.3 Å². The monoisotopic (exact) mass is 760 g/mol. The third-order valence-electron chi connectivity index (χ3n) is 12.4. The summed E-state index contributed by atoms with van der Waals surface area (Å²) < 4.78 is 29.6. The summed E-state index contributed by atoms with van der Waals surface area (Å²) in [7, 11) is 4.99. The number of esters is 1. The molecule has 0 aliphatic carbocycles. The number of ether oxygens (including phenoxy) is 5. The molecule has 54 heavy (non-hydrogen) atoms. The SMILES string of the molecule is COc1cc2c(cc1O)CCN[C@]21CS[C@@H]2c3c(OC(C)=O)c(C)c4c(c3[C@H](CNC1=O)N1C2[C@H]2c3c(cc(C)c(OC)c3O)CC([C@@H]1O)N2C)OCO4. The summed E-state index contributed by atoms with van der Waals surface area (Å²) in [5.41, 5.74) is 4.74. The van der Waals surface area contributed by atoms with Gasteiger partial charge in [0.25, 0.3) is 0 Å². The van der Waals surface area contributed by atoms with Crippen LogP contribution in [0.4, 0.5) is 0 Å². The number of carbonyl (C=O) groups is 2. The number of aliphatic hydroxyl groups excluding tert-OH is 1. The molecule has 2 fully saturated rings. The molecule has 7 aliphatic rings. The molecule has 1 spiro atoms. The fraction of sp³-hybridized carbons (Fsp3) is 0.487. The standard InChI is InChI=1S/C39H44N4O10S/c1-16-9-20-10-22-37(47)43-23-13-40-38(48)39(21-12-25(49-5)24(45)11-19(21)7-8-41-39)14-54-36(30(43)29(42(22)4)26(20)31(46)32(16)50-6)28-27(23)35-34(51-15-52-35)17(2)33(28)53-18(3)44/h9,11-12,22-23,29-30,36-37,41,45-47H,7-8,10,13-15H2,1-6H3,(H,40,48)/t22?,23-,29+,30?,36+,37-,39+/m0/s1. The summed E-state index contributed by atoms with van der Waals surface area (Å²) in [6.45, 7) is 5.60. The minimum Gasteiger partial charge on any atom is -0.504 e.